The fraction of sp³-hybridized carbons (Fsp3) is 0.364. The van der Waals surface area contributed by atoms with Gasteiger partial charge in [0.05, 0.1) is 4.90 Å². The minimum atomic E-state index is -3.58. The summed E-state index contributed by atoms with van der Waals surface area (Å²) in [6, 6.07) is 5.82. The third kappa shape index (κ3) is 2.62. The van der Waals surface area contributed by atoms with E-state index in [2.05, 4.69) is 0 Å². The highest BCUT2D eigenvalue weighted by Crippen LogP contribution is 2.19. The molecule has 1 aromatic rings. The molecule has 0 saturated heterocycles. The number of ketones is 1. The van der Waals surface area contributed by atoms with E-state index < -0.39 is 15.1 Å². The lowest BCUT2D eigenvalue weighted by Gasteiger charge is -2.10. The summed E-state index contributed by atoms with van der Waals surface area (Å²) in [7, 11) is -3.58. The van der Waals surface area contributed by atoms with Gasteiger partial charge in [-0.2, -0.15) is 0 Å². The van der Waals surface area contributed by atoms with Gasteiger partial charge >= 0.3 is 0 Å². The van der Waals surface area contributed by atoms with Crippen molar-refractivity contribution in [1.29, 1.82) is 0 Å². The highest BCUT2D eigenvalue weighted by molar-refractivity contribution is 7.92. The predicted molar refractivity (Wildman–Crippen MR) is 63.4 cm³/mol. The second-order valence-electron chi connectivity index (χ2n) is 3.46. The molecule has 88 valence electrons. The van der Waals surface area contributed by atoms with Gasteiger partial charge < -0.3 is 0 Å². The Kier molecular flexibility index (Phi) is 4.10. The van der Waals surface area contributed by atoms with E-state index in [4.69, 9.17) is 11.6 Å². The van der Waals surface area contributed by atoms with Crippen LogP contribution in [0.1, 0.15) is 20.3 Å². The first-order valence-electron chi connectivity index (χ1n) is 4.91. The number of Topliss-reactive ketones (excluding diaryl/α,β-unsaturated/α-hetero) is 1. The van der Waals surface area contributed by atoms with E-state index in [1.54, 1.807) is 6.92 Å². The second-order valence-corrected chi connectivity index (χ2v) is 6.17. The number of carbonyl (C=O) groups is 1. The molecule has 0 amide bonds. The molecule has 1 unspecified atom stereocenters. The molecule has 1 rings (SSSR count). The van der Waals surface area contributed by atoms with Crippen molar-refractivity contribution in [2.75, 3.05) is 0 Å². The molecule has 0 radical (unpaired) electrons. The summed E-state index contributed by atoms with van der Waals surface area (Å²) in [5.74, 6) is -0.282. The number of hydrogen-bond acceptors (Lipinski definition) is 3. The van der Waals surface area contributed by atoms with Gasteiger partial charge in [0.25, 0.3) is 0 Å². The average Bonchev–Trinajstić information content (AvgIpc) is 2.27. The van der Waals surface area contributed by atoms with Crippen molar-refractivity contribution in [2.45, 2.75) is 30.4 Å². The molecule has 5 heteroatoms. The smallest absolute Gasteiger partial charge is 0.188 e. The lowest BCUT2D eigenvalue weighted by Crippen LogP contribution is -2.26. The lowest BCUT2D eigenvalue weighted by atomic mass is 10.2. The van der Waals surface area contributed by atoms with Gasteiger partial charge in [0.2, 0.25) is 0 Å². The minimum absolute atomic E-state index is 0.131. The summed E-state index contributed by atoms with van der Waals surface area (Å²) < 4.78 is 24.0. The van der Waals surface area contributed by atoms with Crippen LogP contribution in [0.2, 0.25) is 5.02 Å². The van der Waals surface area contributed by atoms with Gasteiger partial charge in [-0.25, -0.2) is 8.42 Å². The third-order valence-corrected chi connectivity index (χ3v) is 4.78. The molecular weight excluding hydrogens is 248 g/mol. The van der Waals surface area contributed by atoms with Crippen LogP contribution in [-0.4, -0.2) is 19.5 Å². The van der Waals surface area contributed by atoms with E-state index in [0.29, 0.717) is 5.02 Å². The maximum atomic E-state index is 12.0. The molecule has 0 saturated carbocycles. The molecular formula is C11H13ClO3S. The zero-order valence-corrected chi connectivity index (χ0v) is 10.7. The molecule has 0 bridgehead atoms. The fourth-order valence-corrected chi connectivity index (χ4v) is 2.85. The summed E-state index contributed by atoms with van der Waals surface area (Å²) in [5.41, 5.74) is 0. The Hall–Kier alpha value is -0.870. The van der Waals surface area contributed by atoms with Crippen molar-refractivity contribution in [3.63, 3.8) is 0 Å². The van der Waals surface area contributed by atoms with E-state index in [0.717, 1.165) is 0 Å². The molecule has 0 spiro atoms. The van der Waals surface area contributed by atoms with Crippen LogP contribution in [0, 0.1) is 0 Å². The van der Waals surface area contributed by atoms with Gasteiger partial charge in [-0.15, -0.1) is 0 Å². The Labute approximate surface area is 100 Å². The van der Waals surface area contributed by atoms with Crippen molar-refractivity contribution in [2.24, 2.45) is 0 Å². The Morgan fingerprint density at radius 1 is 1.31 bits per heavy atom. The number of carbonyl (C=O) groups excluding carboxylic acids is 1. The normalized spacial score (nSPS) is 13.4. The van der Waals surface area contributed by atoms with Crippen molar-refractivity contribution < 1.29 is 13.2 Å². The van der Waals surface area contributed by atoms with Crippen LogP contribution in [0.3, 0.4) is 0 Å². The van der Waals surface area contributed by atoms with Crippen LogP contribution in [0.4, 0.5) is 0 Å². The first-order valence-corrected chi connectivity index (χ1v) is 6.84. The van der Waals surface area contributed by atoms with Gasteiger partial charge in [-0.05, 0) is 31.2 Å². The molecule has 0 heterocycles. The predicted octanol–water partition coefficient (Wildman–Crippen LogP) is 2.48. The molecule has 0 N–H and O–H groups in total. The van der Waals surface area contributed by atoms with Crippen LogP contribution in [0.5, 0.6) is 0 Å². The Morgan fingerprint density at radius 3 is 2.25 bits per heavy atom. The number of rotatable bonds is 4. The molecule has 1 atom stereocenters. The molecule has 3 nitrogen and oxygen atoms in total. The maximum Gasteiger partial charge on any atom is 0.188 e. The maximum absolute atomic E-state index is 12.0. The van der Waals surface area contributed by atoms with Crippen LogP contribution >= 0.6 is 11.6 Å². The number of halogens is 1. The summed E-state index contributed by atoms with van der Waals surface area (Å²) in [5, 5.41) is -0.535. The SMILES string of the molecule is CCC(=O)C(C)S(=O)(=O)c1ccc(Cl)cc1. The Morgan fingerprint density at radius 2 is 1.81 bits per heavy atom. The van der Waals surface area contributed by atoms with Gasteiger partial charge in [-0.3, -0.25) is 4.79 Å². The van der Waals surface area contributed by atoms with Crippen LogP contribution in [0.25, 0.3) is 0 Å². The van der Waals surface area contributed by atoms with E-state index in [1.807, 2.05) is 0 Å². The molecule has 0 aliphatic carbocycles. The Balaban J connectivity index is 3.12. The fourth-order valence-electron chi connectivity index (χ4n) is 1.29. The largest absolute Gasteiger partial charge is 0.298 e. The van der Waals surface area contributed by atoms with Gasteiger partial charge in [0, 0.05) is 11.4 Å². The van der Waals surface area contributed by atoms with Crippen LogP contribution in [-0.2, 0) is 14.6 Å². The van der Waals surface area contributed by atoms with E-state index in [-0.39, 0.29) is 17.1 Å². The molecule has 0 fully saturated rings. The molecule has 1 aromatic carbocycles. The van der Waals surface area contributed by atoms with Crippen molar-refractivity contribution in [3.8, 4) is 0 Å². The van der Waals surface area contributed by atoms with Gasteiger partial charge in [-0.1, -0.05) is 18.5 Å². The first-order chi connectivity index (χ1) is 7.39. The number of sulfone groups is 1. The molecule has 0 aromatic heterocycles. The van der Waals surface area contributed by atoms with Crippen molar-refractivity contribution in [1.82, 2.24) is 0 Å². The summed E-state index contributed by atoms with van der Waals surface area (Å²) in [4.78, 5) is 11.5. The van der Waals surface area contributed by atoms with E-state index >= 15 is 0 Å². The molecule has 0 aliphatic rings. The van der Waals surface area contributed by atoms with Gasteiger partial charge in [0.1, 0.15) is 5.25 Å². The molecule has 0 aliphatic heterocycles. The Bertz CT molecular complexity index is 476. The van der Waals surface area contributed by atoms with Crippen LogP contribution in [0.15, 0.2) is 29.2 Å². The molecule has 16 heavy (non-hydrogen) atoms. The average molecular weight is 261 g/mol. The number of benzene rings is 1. The zero-order valence-electron chi connectivity index (χ0n) is 9.10. The topological polar surface area (TPSA) is 51.2 Å². The highest BCUT2D eigenvalue weighted by Gasteiger charge is 2.28. The monoisotopic (exact) mass is 260 g/mol. The first kappa shape index (κ1) is 13.2. The van der Waals surface area contributed by atoms with Crippen molar-refractivity contribution >= 4 is 27.2 Å². The summed E-state index contributed by atoms with van der Waals surface area (Å²) in [6.07, 6.45) is 0.216. The number of hydrogen-bond donors (Lipinski definition) is 0. The van der Waals surface area contributed by atoms with Crippen LogP contribution < -0.4 is 0 Å². The van der Waals surface area contributed by atoms with E-state index in [1.165, 1.54) is 31.2 Å². The quantitative estimate of drug-likeness (QED) is 0.836. The third-order valence-electron chi connectivity index (χ3n) is 2.41. The minimum Gasteiger partial charge on any atom is -0.298 e. The van der Waals surface area contributed by atoms with Gasteiger partial charge in [0.15, 0.2) is 15.6 Å². The summed E-state index contributed by atoms with van der Waals surface area (Å²) >= 11 is 5.67. The highest BCUT2D eigenvalue weighted by atomic mass is 35.5. The van der Waals surface area contributed by atoms with E-state index in [9.17, 15) is 13.2 Å². The lowest BCUT2D eigenvalue weighted by molar-refractivity contribution is -0.118. The standard InChI is InChI=1S/C11H13ClO3S/c1-3-11(13)8(2)16(14,15)10-6-4-9(12)5-7-10/h4-8H,3H2,1-2H3. The van der Waals surface area contributed by atoms with Crippen molar-refractivity contribution in [3.05, 3.63) is 29.3 Å². The second kappa shape index (κ2) is 4.97. The zero-order chi connectivity index (χ0) is 12.3. The summed E-state index contributed by atoms with van der Waals surface area (Å²) in [6.45, 7) is 3.06.